The second kappa shape index (κ2) is 2.69. The Morgan fingerprint density at radius 2 is 2.40 bits per heavy atom. The molecular formula is C8H10NO. The van der Waals surface area contributed by atoms with Gasteiger partial charge in [-0.2, -0.15) is 0 Å². The van der Waals surface area contributed by atoms with Crippen LogP contribution >= 0.6 is 0 Å². The van der Waals surface area contributed by atoms with E-state index in [9.17, 15) is 4.79 Å². The van der Waals surface area contributed by atoms with Crippen molar-refractivity contribution in [2.75, 3.05) is 0 Å². The standard InChI is InChI=1S/C8H10NO/c1-3-9-6-4-5-7(2)8(9)10/h5-6H,3H2,1-2H3. The molecule has 0 N–H and O–H groups in total. The molecule has 0 aliphatic heterocycles. The van der Waals surface area contributed by atoms with Gasteiger partial charge in [-0.15, -0.1) is 0 Å². The van der Waals surface area contributed by atoms with Crippen LogP contribution in [0, 0.1) is 13.0 Å². The molecule has 2 heteroatoms. The molecule has 1 heterocycles. The summed E-state index contributed by atoms with van der Waals surface area (Å²) < 4.78 is 1.63. The molecule has 1 rings (SSSR count). The lowest BCUT2D eigenvalue weighted by Gasteiger charge is -1.99. The first kappa shape index (κ1) is 7.06. The minimum absolute atomic E-state index is 0.0845. The number of hydrogen-bond donors (Lipinski definition) is 0. The van der Waals surface area contributed by atoms with E-state index in [1.807, 2.05) is 6.92 Å². The Bertz CT molecular complexity index is 275. The van der Waals surface area contributed by atoms with Gasteiger partial charge in [-0.3, -0.25) is 4.79 Å². The van der Waals surface area contributed by atoms with Crippen LogP contribution < -0.4 is 5.56 Å². The van der Waals surface area contributed by atoms with E-state index in [2.05, 4.69) is 6.07 Å². The summed E-state index contributed by atoms with van der Waals surface area (Å²) >= 11 is 0. The van der Waals surface area contributed by atoms with Crippen molar-refractivity contribution in [1.29, 1.82) is 0 Å². The highest BCUT2D eigenvalue weighted by Gasteiger charge is 1.93. The Kier molecular flexibility index (Phi) is 1.90. The topological polar surface area (TPSA) is 22.0 Å². The van der Waals surface area contributed by atoms with Crippen LogP contribution in [0.1, 0.15) is 12.5 Å². The van der Waals surface area contributed by atoms with Gasteiger partial charge in [0.25, 0.3) is 5.56 Å². The van der Waals surface area contributed by atoms with E-state index in [1.54, 1.807) is 23.8 Å². The summed E-state index contributed by atoms with van der Waals surface area (Å²) in [6.45, 7) is 4.46. The summed E-state index contributed by atoms with van der Waals surface area (Å²) in [5, 5.41) is 0. The van der Waals surface area contributed by atoms with Gasteiger partial charge in [-0.1, -0.05) is 0 Å². The molecule has 0 aromatic carbocycles. The molecule has 0 unspecified atom stereocenters. The number of aromatic nitrogens is 1. The first-order valence-electron chi connectivity index (χ1n) is 3.33. The molecule has 1 aromatic rings. The Hall–Kier alpha value is -1.05. The maximum absolute atomic E-state index is 11.1. The molecule has 0 fully saturated rings. The van der Waals surface area contributed by atoms with E-state index in [1.165, 1.54) is 0 Å². The zero-order valence-electron chi connectivity index (χ0n) is 6.22. The largest absolute Gasteiger partial charge is 0.315 e. The van der Waals surface area contributed by atoms with Crippen molar-refractivity contribution in [2.24, 2.45) is 0 Å². The van der Waals surface area contributed by atoms with Gasteiger partial charge >= 0.3 is 0 Å². The normalized spacial score (nSPS) is 9.80. The predicted molar refractivity (Wildman–Crippen MR) is 39.9 cm³/mol. The first-order valence-corrected chi connectivity index (χ1v) is 3.33. The Morgan fingerprint density at radius 1 is 1.70 bits per heavy atom. The maximum atomic E-state index is 11.1. The smallest absolute Gasteiger partial charge is 0.253 e. The molecule has 0 aliphatic carbocycles. The van der Waals surface area contributed by atoms with Gasteiger partial charge in [-0.25, -0.2) is 0 Å². The third kappa shape index (κ3) is 1.10. The highest BCUT2D eigenvalue weighted by atomic mass is 16.1. The average Bonchev–Trinajstić information content (AvgIpc) is 1.95. The molecule has 53 valence electrons. The van der Waals surface area contributed by atoms with E-state index in [4.69, 9.17) is 0 Å². The quantitative estimate of drug-likeness (QED) is 0.564. The van der Waals surface area contributed by atoms with Crippen LogP contribution in [-0.4, -0.2) is 4.57 Å². The van der Waals surface area contributed by atoms with E-state index in [0.717, 1.165) is 12.1 Å². The maximum Gasteiger partial charge on any atom is 0.253 e. The van der Waals surface area contributed by atoms with E-state index < -0.39 is 0 Å². The first-order chi connectivity index (χ1) is 4.75. The highest BCUT2D eigenvalue weighted by molar-refractivity contribution is 5.06. The van der Waals surface area contributed by atoms with Crippen LogP contribution in [0.2, 0.25) is 0 Å². The van der Waals surface area contributed by atoms with Crippen molar-refractivity contribution in [2.45, 2.75) is 20.4 Å². The fourth-order valence-corrected chi connectivity index (χ4v) is 0.834. The third-order valence-electron chi connectivity index (χ3n) is 1.47. The van der Waals surface area contributed by atoms with Crippen molar-refractivity contribution in [1.82, 2.24) is 4.57 Å². The van der Waals surface area contributed by atoms with Crippen molar-refractivity contribution in [3.63, 3.8) is 0 Å². The number of nitrogens with zero attached hydrogens (tertiary/aromatic N) is 1. The monoisotopic (exact) mass is 136 g/mol. The van der Waals surface area contributed by atoms with Gasteiger partial charge in [-0.05, 0) is 26.0 Å². The summed E-state index contributed by atoms with van der Waals surface area (Å²) in [6.07, 6.45) is 1.68. The number of rotatable bonds is 1. The van der Waals surface area contributed by atoms with Gasteiger partial charge in [0, 0.05) is 18.3 Å². The average molecular weight is 136 g/mol. The van der Waals surface area contributed by atoms with Crippen LogP contribution in [0.15, 0.2) is 17.1 Å². The molecule has 0 aliphatic rings. The lowest BCUT2D eigenvalue weighted by atomic mass is 10.3. The van der Waals surface area contributed by atoms with Crippen LogP contribution in [0.5, 0.6) is 0 Å². The Balaban J connectivity index is 3.28. The van der Waals surface area contributed by atoms with Crippen molar-refractivity contribution < 1.29 is 0 Å². The number of aryl methyl sites for hydroxylation is 2. The summed E-state index contributed by atoms with van der Waals surface area (Å²) in [6, 6.07) is 4.59. The fraction of sp³-hybridized carbons (Fsp3) is 0.375. The number of hydrogen-bond acceptors (Lipinski definition) is 1. The molecule has 0 saturated carbocycles. The molecule has 0 saturated heterocycles. The molecular weight excluding hydrogens is 126 g/mol. The molecule has 1 radical (unpaired) electrons. The van der Waals surface area contributed by atoms with Crippen molar-refractivity contribution >= 4 is 0 Å². The minimum atomic E-state index is 0.0845. The van der Waals surface area contributed by atoms with Gasteiger partial charge < -0.3 is 4.57 Å². The van der Waals surface area contributed by atoms with Crippen LogP contribution in [0.25, 0.3) is 0 Å². The molecule has 0 bridgehead atoms. The van der Waals surface area contributed by atoms with Gasteiger partial charge in [0.15, 0.2) is 0 Å². The van der Waals surface area contributed by atoms with E-state index >= 15 is 0 Å². The van der Waals surface area contributed by atoms with E-state index in [-0.39, 0.29) is 5.56 Å². The van der Waals surface area contributed by atoms with Crippen LogP contribution in [0.3, 0.4) is 0 Å². The highest BCUT2D eigenvalue weighted by Crippen LogP contribution is 1.86. The predicted octanol–water partition coefficient (Wildman–Crippen LogP) is 0.977. The molecule has 0 spiro atoms. The van der Waals surface area contributed by atoms with Crippen LogP contribution in [0.4, 0.5) is 0 Å². The molecule has 0 amide bonds. The molecule has 1 aromatic heterocycles. The lowest BCUT2D eigenvalue weighted by molar-refractivity contribution is 0.720. The molecule has 2 nitrogen and oxygen atoms in total. The Labute approximate surface area is 60.1 Å². The van der Waals surface area contributed by atoms with Crippen LogP contribution in [-0.2, 0) is 6.54 Å². The fourth-order valence-electron chi connectivity index (χ4n) is 0.834. The third-order valence-corrected chi connectivity index (χ3v) is 1.47. The second-order valence-corrected chi connectivity index (χ2v) is 2.21. The van der Waals surface area contributed by atoms with Gasteiger partial charge in [0.1, 0.15) is 0 Å². The molecule has 10 heavy (non-hydrogen) atoms. The minimum Gasteiger partial charge on any atom is -0.315 e. The number of pyridine rings is 1. The summed E-state index contributed by atoms with van der Waals surface area (Å²) in [5.41, 5.74) is 0.839. The summed E-state index contributed by atoms with van der Waals surface area (Å²) in [5.74, 6) is 0. The van der Waals surface area contributed by atoms with E-state index in [0.29, 0.717) is 0 Å². The zero-order valence-corrected chi connectivity index (χ0v) is 6.22. The lowest BCUT2D eigenvalue weighted by Crippen LogP contribution is -2.19. The Morgan fingerprint density at radius 3 is 2.90 bits per heavy atom. The summed E-state index contributed by atoms with van der Waals surface area (Å²) in [7, 11) is 0. The van der Waals surface area contributed by atoms with Gasteiger partial charge in [0.2, 0.25) is 0 Å². The van der Waals surface area contributed by atoms with Crippen molar-refractivity contribution in [3.8, 4) is 0 Å². The zero-order chi connectivity index (χ0) is 7.56. The SMILES string of the molecule is CCn1c[c]cc(C)c1=O. The van der Waals surface area contributed by atoms with Crippen molar-refractivity contribution in [3.05, 3.63) is 34.2 Å². The summed E-state index contributed by atoms with van der Waals surface area (Å²) in [4.78, 5) is 11.1. The van der Waals surface area contributed by atoms with Gasteiger partial charge in [0.05, 0.1) is 0 Å². The molecule has 0 atom stereocenters. The second-order valence-electron chi connectivity index (χ2n) is 2.21.